The van der Waals surface area contributed by atoms with Gasteiger partial charge in [-0.3, -0.25) is 14.9 Å². The van der Waals surface area contributed by atoms with E-state index in [1.54, 1.807) is 0 Å². The van der Waals surface area contributed by atoms with Crippen LogP contribution in [0.15, 0.2) is 29.2 Å². The minimum atomic E-state index is -1.31. The first-order chi connectivity index (χ1) is 8.15. The lowest BCUT2D eigenvalue weighted by Crippen LogP contribution is -1.97. The van der Waals surface area contributed by atoms with Gasteiger partial charge in [0.2, 0.25) is 0 Å². The van der Waals surface area contributed by atoms with Gasteiger partial charge in [-0.25, -0.2) is 4.21 Å². The molecule has 1 aromatic carbocycles. The zero-order valence-electron chi connectivity index (χ0n) is 8.61. The third-order valence-corrected chi connectivity index (χ3v) is 4.62. The maximum atomic E-state index is 11.6. The summed E-state index contributed by atoms with van der Waals surface area (Å²) in [6, 6.07) is 5.50. The third-order valence-electron chi connectivity index (χ3n) is 1.70. The highest BCUT2D eigenvalue weighted by Gasteiger charge is 2.08. The second kappa shape index (κ2) is 7.02. The van der Waals surface area contributed by atoms with Gasteiger partial charge in [0.15, 0.2) is 0 Å². The second-order valence-electron chi connectivity index (χ2n) is 2.77. The van der Waals surface area contributed by atoms with Crippen LogP contribution >= 0.6 is 10.8 Å². The average Bonchev–Trinajstić information content (AvgIpc) is 2.34. The normalized spacial score (nSPS) is 11.8. The SMILES string of the molecule is O=COCCSS(=O)c1ccc([N+](=O)[O-])cc1. The number of non-ortho nitro benzene ring substituents is 1. The van der Waals surface area contributed by atoms with E-state index in [1.165, 1.54) is 24.3 Å². The van der Waals surface area contributed by atoms with E-state index in [9.17, 15) is 19.1 Å². The molecular formula is C9H9NO5S2. The van der Waals surface area contributed by atoms with Crippen molar-refractivity contribution in [2.24, 2.45) is 0 Å². The molecule has 1 atom stereocenters. The number of carbonyl (C=O) groups is 1. The predicted octanol–water partition coefficient (Wildman–Crippen LogP) is 1.52. The van der Waals surface area contributed by atoms with Gasteiger partial charge in [0.1, 0.15) is 16.4 Å². The van der Waals surface area contributed by atoms with Gasteiger partial charge in [-0.05, 0) is 12.1 Å². The Labute approximate surface area is 103 Å². The Balaban J connectivity index is 2.51. The van der Waals surface area contributed by atoms with Crippen LogP contribution in [0.2, 0.25) is 0 Å². The van der Waals surface area contributed by atoms with Crippen molar-refractivity contribution in [2.75, 3.05) is 12.4 Å². The van der Waals surface area contributed by atoms with Crippen LogP contribution < -0.4 is 0 Å². The van der Waals surface area contributed by atoms with Crippen molar-refractivity contribution in [3.8, 4) is 0 Å². The molecular weight excluding hydrogens is 266 g/mol. The van der Waals surface area contributed by atoms with E-state index in [0.717, 1.165) is 10.8 Å². The molecule has 1 unspecified atom stereocenters. The summed E-state index contributed by atoms with van der Waals surface area (Å²) in [5, 5.41) is 10.4. The second-order valence-corrected chi connectivity index (χ2v) is 5.97. The molecule has 0 aliphatic carbocycles. The van der Waals surface area contributed by atoms with E-state index in [2.05, 4.69) is 4.74 Å². The van der Waals surface area contributed by atoms with Crippen LogP contribution in [0.1, 0.15) is 0 Å². The van der Waals surface area contributed by atoms with Gasteiger partial charge in [0.25, 0.3) is 12.2 Å². The number of nitro benzene ring substituents is 1. The number of ether oxygens (including phenoxy) is 1. The van der Waals surface area contributed by atoms with Crippen molar-refractivity contribution in [3.63, 3.8) is 0 Å². The first-order valence-electron chi connectivity index (χ1n) is 4.50. The Hall–Kier alpha value is -1.41. The van der Waals surface area contributed by atoms with Gasteiger partial charge in [-0.2, -0.15) is 0 Å². The lowest BCUT2D eigenvalue weighted by molar-refractivity contribution is -0.384. The molecule has 0 radical (unpaired) electrons. The van der Waals surface area contributed by atoms with Crippen molar-refractivity contribution in [3.05, 3.63) is 34.4 Å². The summed E-state index contributed by atoms with van der Waals surface area (Å²) in [4.78, 5) is 20.2. The van der Waals surface area contributed by atoms with Crippen molar-refractivity contribution >= 4 is 32.8 Å². The molecule has 0 heterocycles. The fourth-order valence-corrected chi connectivity index (χ4v) is 3.16. The molecule has 0 fully saturated rings. The van der Waals surface area contributed by atoms with Crippen molar-refractivity contribution in [1.29, 1.82) is 0 Å². The van der Waals surface area contributed by atoms with E-state index < -0.39 is 14.8 Å². The number of benzene rings is 1. The molecule has 0 amide bonds. The third kappa shape index (κ3) is 4.53. The molecule has 0 aromatic heterocycles. The van der Waals surface area contributed by atoms with Gasteiger partial charge in [0.05, 0.1) is 9.82 Å². The molecule has 0 saturated heterocycles. The van der Waals surface area contributed by atoms with Crippen molar-refractivity contribution in [1.82, 2.24) is 0 Å². The molecule has 1 aromatic rings. The zero-order valence-corrected chi connectivity index (χ0v) is 10.2. The van der Waals surface area contributed by atoms with Gasteiger partial charge >= 0.3 is 0 Å². The summed E-state index contributed by atoms with van der Waals surface area (Å²) in [6.07, 6.45) is 0. The molecule has 0 saturated carbocycles. The number of carbonyl (C=O) groups excluding carboxylic acids is 1. The van der Waals surface area contributed by atoms with Crippen LogP contribution in [0.25, 0.3) is 0 Å². The Morgan fingerprint density at radius 2 is 2.06 bits per heavy atom. The van der Waals surface area contributed by atoms with Gasteiger partial charge in [-0.15, -0.1) is 0 Å². The van der Waals surface area contributed by atoms with Crippen molar-refractivity contribution in [2.45, 2.75) is 4.90 Å². The van der Waals surface area contributed by atoms with Crippen LogP contribution in [0.4, 0.5) is 5.69 Å². The molecule has 0 N–H and O–H groups in total. The van der Waals surface area contributed by atoms with Crippen LogP contribution in [-0.4, -0.2) is 28.0 Å². The summed E-state index contributed by atoms with van der Waals surface area (Å²) in [5.74, 6) is 0.405. The minimum absolute atomic E-state index is 0.0416. The molecule has 0 aliphatic rings. The summed E-state index contributed by atoms with van der Waals surface area (Å²) in [5.41, 5.74) is -0.0416. The fraction of sp³-hybridized carbons (Fsp3) is 0.222. The first-order valence-corrected chi connectivity index (χ1v) is 7.15. The summed E-state index contributed by atoms with van der Waals surface area (Å²) in [6.45, 7) is 0.516. The molecule has 0 spiro atoms. The van der Waals surface area contributed by atoms with Gasteiger partial charge in [-0.1, -0.05) is 10.8 Å². The first kappa shape index (κ1) is 13.7. The molecule has 6 nitrogen and oxygen atoms in total. The highest BCUT2D eigenvalue weighted by molar-refractivity contribution is 8.69. The topological polar surface area (TPSA) is 86.5 Å². The van der Waals surface area contributed by atoms with E-state index >= 15 is 0 Å². The summed E-state index contributed by atoms with van der Waals surface area (Å²) in [7, 11) is -0.208. The lowest BCUT2D eigenvalue weighted by atomic mass is 10.3. The number of hydrogen-bond donors (Lipinski definition) is 0. The van der Waals surface area contributed by atoms with E-state index in [0.29, 0.717) is 17.1 Å². The smallest absolute Gasteiger partial charge is 0.293 e. The molecule has 0 aliphatic heterocycles. The Bertz CT molecular complexity index is 420. The number of nitrogens with zero attached hydrogens (tertiary/aromatic N) is 1. The minimum Gasteiger partial charge on any atom is -0.467 e. The zero-order chi connectivity index (χ0) is 12.7. The average molecular weight is 275 g/mol. The largest absolute Gasteiger partial charge is 0.467 e. The number of hydrogen-bond acceptors (Lipinski definition) is 6. The van der Waals surface area contributed by atoms with Crippen LogP contribution in [0.5, 0.6) is 0 Å². The predicted molar refractivity (Wildman–Crippen MR) is 64.0 cm³/mol. The van der Waals surface area contributed by atoms with E-state index in [4.69, 9.17) is 0 Å². The fourth-order valence-electron chi connectivity index (χ4n) is 0.953. The molecule has 17 heavy (non-hydrogen) atoms. The Morgan fingerprint density at radius 3 is 2.59 bits per heavy atom. The molecule has 92 valence electrons. The Kier molecular flexibility index (Phi) is 5.64. The lowest BCUT2D eigenvalue weighted by Gasteiger charge is -2.00. The van der Waals surface area contributed by atoms with Crippen molar-refractivity contribution < 1.29 is 18.7 Å². The van der Waals surface area contributed by atoms with Crippen LogP contribution in [0, 0.1) is 10.1 Å². The van der Waals surface area contributed by atoms with Gasteiger partial charge in [0, 0.05) is 17.9 Å². The maximum Gasteiger partial charge on any atom is 0.293 e. The number of nitro groups is 1. The Morgan fingerprint density at radius 1 is 1.41 bits per heavy atom. The van der Waals surface area contributed by atoms with Gasteiger partial charge < -0.3 is 4.74 Å². The monoisotopic (exact) mass is 275 g/mol. The molecule has 8 heteroatoms. The quantitative estimate of drug-likeness (QED) is 0.246. The molecule has 1 rings (SSSR count). The highest BCUT2D eigenvalue weighted by atomic mass is 33.1. The standard InChI is InChI=1S/C9H9NO5S2/c11-7-15-5-6-16-17(14)9-3-1-8(2-4-9)10(12)13/h1-4,7H,5-6H2. The van der Waals surface area contributed by atoms with Crippen LogP contribution in [-0.2, 0) is 19.4 Å². The highest BCUT2D eigenvalue weighted by Crippen LogP contribution is 2.20. The number of rotatable bonds is 7. The van der Waals surface area contributed by atoms with Crippen LogP contribution in [0.3, 0.4) is 0 Å². The maximum absolute atomic E-state index is 11.6. The summed E-state index contributed by atoms with van der Waals surface area (Å²) >= 11 is 0. The molecule has 0 bridgehead atoms. The summed E-state index contributed by atoms with van der Waals surface area (Å²) < 4.78 is 16.1. The van der Waals surface area contributed by atoms with E-state index in [-0.39, 0.29) is 12.3 Å². The van der Waals surface area contributed by atoms with E-state index in [1.807, 2.05) is 0 Å².